The van der Waals surface area contributed by atoms with Crippen LogP contribution in [0.2, 0.25) is 10.0 Å². The van der Waals surface area contributed by atoms with E-state index in [2.05, 4.69) is 39.5 Å². The topological polar surface area (TPSA) is 123 Å². The Kier molecular flexibility index (Phi) is 10.1. The molecule has 2 aliphatic rings. The van der Waals surface area contributed by atoms with Gasteiger partial charge < -0.3 is 35.1 Å². The third-order valence-electron chi connectivity index (χ3n) is 7.98. The van der Waals surface area contributed by atoms with Gasteiger partial charge in [0.05, 0.1) is 48.6 Å². The summed E-state index contributed by atoms with van der Waals surface area (Å²) in [5.41, 5.74) is 1.66. The van der Waals surface area contributed by atoms with Crippen molar-refractivity contribution in [3.8, 4) is 22.8 Å². The number of hydrogen-bond donors (Lipinski definition) is 3. The highest BCUT2D eigenvalue weighted by Crippen LogP contribution is 2.46. The minimum absolute atomic E-state index is 0.159. The highest BCUT2D eigenvalue weighted by Gasteiger charge is 2.28. The normalized spacial score (nSPS) is 19.6. The molecule has 0 aliphatic carbocycles. The lowest BCUT2D eigenvalue weighted by molar-refractivity contribution is -0.117. The Morgan fingerprint density at radius 3 is 2.51 bits per heavy atom. The molecule has 0 saturated carbocycles. The number of amides is 1. The predicted octanol–water partition coefficient (Wildman–Crippen LogP) is 4.64. The summed E-state index contributed by atoms with van der Waals surface area (Å²) in [7, 11) is 5.22. The number of carbonyl (C=O) groups excluding carboxylic acids is 1. The van der Waals surface area contributed by atoms with E-state index in [0.717, 1.165) is 37.9 Å². The number of fused-ring (bicyclic) bond motifs is 1. The maximum atomic E-state index is 12.0. The largest absolute Gasteiger partial charge is 0.495 e. The molecule has 2 aromatic heterocycles. The van der Waals surface area contributed by atoms with Gasteiger partial charge in [0.1, 0.15) is 17.0 Å². The van der Waals surface area contributed by atoms with E-state index in [1.54, 1.807) is 12.3 Å². The Morgan fingerprint density at radius 2 is 1.84 bits per heavy atom. The quantitative estimate of drug-likeness (QED) is 0.273. The Hall–Kier alpha value is -3.38. The Balaban J connectivity index is 1.53. The molecule has 0 radical (unpaired) electrons. The van der Waals surface area contributed by atoms with E-state index >= 15 is 0 Å². The first-order valence-corrected chi connectivity index (χ1v) is 15.0. The van der Waals surface area contributed by atoms with E-state index in [1.165, 1.54) is 20.3 Å². The maximum absolute atomic E-state index is 12.0. The lowest BCUT2D eigenvalue weighted by Gasteiger charge is -2.32. The van der Waals surface area contributed by atoms with Crippen molar-refractivity contribution in [2.24, 2.45) is 5.92 Å². The first-order chi connectivity index (χ1) is 20.8. The highest BCUT2D eigenvalue weighted by atomic mass is 35.5. The Morgan fingerprint density at radius 1 is 1.12 bits per heavy atom. The fourth-order valence-electron chi connectivity index (χ4n) is 5.44. The number of piperidine rings is 1. The fraction of sp³-hybridized carbons (Fsp3) is 0.467. The van der Waals surface area contributed by atoms with Crippen LogP contribution in [0.1, 0.15) is 19.3 Å². The molecular weight excluding hydrogens is 593 g/mol. The van der Waals surface area contributed by atoms with Crippen molar-refractivity contribution in [3.63, 3.8) is 0 Å². The Bertz CT molecular complexity index is 1450. The molecule has 1 amide bonds. The van der Waals surface area contributed by atoms with Crippen molar-refractivity contribution in [1.82, 2.24) is 25.2 Å². The monoisotopic (exact) mass is 629 g/mol. The summed E-state index contributed by atoms with van der Waals surface area (Å²) in [6.07, 6.45) is 5.84. The second kappa shape index (κ2) is 13.9. The average Bonchev–Trinajstić information content (AvgIpc) is 3.02. The molecule has 2 saturated heterocycles. The number of ether oxygens (including phenoxy) is 3. The summed E-state index contributed by atoms with van der Waals surface area (Å²) < 4.78 is 16.7. The first kappa shape index (κ1) is 31.1. The van der Waals surface area contributed by atoms with Crippen molar-refractivity contribution in [3.05, 3.63) is 41.0 Å². The van der Waals surface area contributed by atoms with Crippen LogP contribution in [-0.4, -0.2) is 92.0 Å². The van der Waals surface area contributed by atoms with Crippen molar-refractivity contribution < 1.29 is 19.0 Å². The van der Waals surface area contributed by atoms with Crippen molar-refractivity contribution in [2.75, 3.05) is 64.7 Å². The second-order valence-electron chi connectivity index (χ2n) is 10.8. The van der Waals surface area contributed by atoms with Gasteiger partial charge in [0, 0.05) is 36.4 Å². The number of pyridine rings is 1. The number of benzene rings is 1. The van der Waals surface area contributed by atoms with Crippen LogP contribution >= 0.6 is 23.2 Å². The van der Waals surface area contributed by atoms with E-state index in [4.69, 9.17) is 47.4 Å². The van der Waals surface area contributed by atoms with Crippen LogP contribution < -0.4 is 25.4 Å². The zero-order valence-corrected chi connectivity index (χ0v) is 26.1. The third-order valence-corrected chi connectivity index (χ3v) is 8.73. The van der Waals surface area contributed by atoms with Gasteiger partial charge in [0.25, 0.3) is 0 Å². The smallest absolute Gasteiger partial charge is 0.243 e. The number of carbonyl (C=O) groups is 1. The molecule has 0 unspecified atom stereocenters. The SMILES string of the molecule is C=CC(=O)N[C@H]1CCOC[C@H]1Nc1ncc2cc(-c3c(Cl)c(OC)cc(OC)c3Cl)nc(NCC3CCN(C)CC3)c2n1. The van der Waals surface area contributed by atoms with Crippen LogP contribution in [0, 0.1) is 5.92 Å². The number of nitrogens with zero attached hydrogens (tertiary/aromatic N) is 4. The minimum Gasteiger partial charge on any atom is -0.495 e. The lowest BCUT2D eigenvalue weighted by atomic mass is 9.97. The number of rotatable bonds is 10. The summed E-state index contributed by atoms with van der Waals surface area (Å²) in [6, 6.07) is 3.12. The van der Waals surface area contributed by atoms with Crippen LogP contribution in [0.4, 0.5) is 11.8 Å². The summed E-state index contributed by atoms with van der Waals surface area (Å²) in [5, 5.41) is 11.3. The van der Waals surface area contributed by atoms with Gasteiger partial charge in [-0.15, -0.1) is 0 Å². The number of likely N-dealkylation sites (tertiary alicyclic amines) is 1. The summed E-state index contributed by atoms with van der Waals surface area (Å²) in [4.78, 5) is 28.8. The number of halogens is 2. The number of hydrogen-bond acceptors (Lipinski definition) is 10. The van der Waals surface area contributed by atoms with Crippen LogP contribution in [-0.2, 0) is 9.53 Å². The molecule has 43 heavy (non-hydrogen) atoms. The summed E-state index contributed by atoms with van der Waals surface area (Å²) in [6.45, 7) is 7.36. The number of anilines is 2. The van der Waals surface area contributed by atoms with Crippen LogP contribution in [0.15, 0.2) is 31.0 Å². The van der Waals surface area contributed by atoms with Gasteiger partial charge in [-0.25, -0.2) is 15.0 Å². The third kappa shape index (κ3) is 7.06. The van der Waals surface area contributed by atoms with Crippen LogP contribution in [0.5, 0.6) is 11.5 Å². The lowest BCUT2D eigenvalue weighted by Crippen LogP contribution is -2.52. The zero-order valence-electron chi connectivity index (χ0n) is 24.6. The molecule has 5 rings (SSSR count). The molecule has 230 valence electrons. The Labute approximate surface area is 261 Å². The van der Waals surface area contributed by atoms with Crippen LogP contribution in [0.25, 0.3) is 22.2 Å². The molecular formula is C30H37Cl2N7O4. The van der Waals surface area contributed by atoms with E-state index < -0.39 is 0 Å². The molecule has 3 aromatic rings. The van der Waals surface area contributed by atoms with Crippen molar-refractivity contribution in [1.29, 1.82) is 0 Å². The molecule has 2 fully saturated rings. The molecule has 2 atom stereocenters. The molecule has 0 bridgehead atoms. The van der Waals surface area contributed by atoms with Crippen LogP contribution in [0.3, 0.4) is 0 Å². The number of aromatic nitrogens is 3. The molecule has 3 N–H and O–H groups in total. The molecule has 4 heterocycles. The zero-order chi connectivity index (χ0) is 30.5. The summed E-state index contributed by atoms with van der Waals surface area (Å²) in [5.74, 6) is 2.09. The van der Waals surface area contributed by atoms with Crippen molar-refractivity contribution in [2.45, 2.75) is 31.3 Å². The van der Waals surface area contributed by atoms with Gasteiger partial charge in [-0.3, -0.25) is 4.79 Å². The molecule has 13 heteroatoms. The summed E-state index contributed by atoms with van der Waals surface area (Å²) >= 11 is 13.5. The van der Waals surface area contributed by atoms with Gasteiger partial charge in [0.2, 0.25) is 11.9 Å². The van der Waals surface area contributed by atoms with Crippen molar-refractivity contribution >= 4 is 51.8 Å². The van der Waals surface area contributed by atoms with E-state index in [1.807, 2.05) is 6.07 Å². The van der Waals surface area contributed by atoms with E-state index in [0.29, 0.717) is 75.6 Å². The van der Waals surface area contributed by atoms with E-state index in [-0.39, 0.29) is 18.0 Å². The maximum Gasteiger partial charge on any atom is 0.243 e. The number of methoxy groups -OCH3 is 2. The molecule has 11 nitrogen and oxygen atoms in total. The van der Waals surface area contributed by atoms with Gasteiger partial charge in [-0.2, -0.15) is 0 Å². The number of nitrogens with one attached hydrogen (secondary N) is 3. The average molecular weight is 631 g/mol. The predicted molar refractivity (Wildman–Crippen MR) is 170 cm³/mol. The van der Waals surface area contributed by atoms with Gasteiger partial charge in [-0.05, 0) is 57.5 Å². The second-order valence-corrected chi connectivity index (χ2v) is 11.6. The fourth-order valence-corrected chi connectivity index (χ4v) is 6.13. The molecule has 1 aromatic carbocycles. The van der Waals surface area contributed by atoms with E-state index in [9.17, 15) is 4.79 Å². The van der Waals surface area contributed by atoms with Gasteiger partial charge >= 0.3 is 0 Å². The molecule has 0 spiro atoms. The first-order valence-electron chi connectivity index (χ1n) is 14.3. The minimum atomic E-state index is -0.234. The highest BCUT2D eigenvalue weighted by molar-refractivity contribution is 6.41. The standard InChI is InChI=1S/C30H37Cl2N7O4/c1-5-24(40)35-19-8-11-43-16-21(19)37-30-34-15-18-12-20(25-26(31)22(41-3)13-23(42-4)27(25)32)36-29(28(18)38-30)33-14-17-6-9-39(2)10-7-17/h5,12-13,15,17,19,21H,1,6-11,14,16H2,2-4H3,(H,33,36)(H,35,40)(H,34,37,38)/t19-,21+/m0/s1. The molecule has 2 aliphatic heterocycles. The van der Waals surface area contributed by atoms with Gasteiger partial charge in [0.15, 0.2) is 5.82 Å². The van der Waals surface area contributed by atoms with Gasteiger partial charge in [-0.1, -0.05) is 29.8 Å².